The van der Waals surface area contributed by atoms with Gasteiger partial charge in [0.25, 0.3) is 11.2 Å². The van der Waals surface area contributed by atoms with Gasteiger partial charge in [0.15, 0.2) is 17.2 Å². The Balaban J connectivity index is 2.08. The lowest BCUT2D eigenvalue weighted by Crippen LogP contribution is -2.22. The van der Waals surface area contributed by atoms with Crippen LogP contribution in [-0.4, -0.2) is 36.4 Å². The third-order valence-electron chi connectivity index (χ3n) is 3.76. The van der Waals surface area contributed by atoms with Crippen molar-refractivity contribution in [2.45, 2.75) is 0 Å². The molecule has 0 saturated heterocycles. The molecule has 1 N–H and O–H groups in total. The number of carbonyl (C=O) groups is 1. The summed E-state index contributed by atoms with van der Waals surface area (Å²) < 4.78 is 1.19. The number of benzene rings is 1. The second-order valence-electron chi connectivity index (χ2n) is 5.21. The molecule has 0 spiro atoms. The molecular weight excluding hydrogens is 346 g/mol. The number of fused-ring (bicyclic) bond motifs is 4. The van der Waals surface area contributed by atoms with Crippen LogP contribution in [0, 0.1) is 10.1 Å². The van der Waals surface area contributed by atoms with Crippen LogP contribution in [0.5, 0.6) is 0 Å². The number of oxime groups is 1. The summed E-state index contributed by atoms with van der Waals surface area (Å²) in [5, 5.41) is 23.5. The van der Waals surface area contributed by atoms with Crippen molar-refractivity contribution in [3.8, 4) is 5.69 Å². The Morgan fingerprint density at radius 3 is 2.88 bits per heavy atom. The summed E-state index contributed by atoms with van der Waals surface area (Å²) in [7, 11) is 0. The lowest BCUT2D eigenvalue weighted by Gasteiger charge is -2.04. The molecule has 1 aliphatic heterocycles. The standard InChI is InChI=1S/C15H7N5O6/c21-14-8-2-1-5-16-12(8)17-13-11(18-26-15(22)23)9-6-7(20(24)25)3-4-10(9)19(13)14/h1-6H,(H,22,23). The van der Waals surface area contributed by atoms with Gasteiger partial charge in [-0.2, -0.15) is 0 Å². The van der Waals surface area contributed by atoms with Gasteiger partial charge < -0.3 is 5.11 Å². The molecule has 1 aliphatic rings. The Morgan fingerprint density at radius 1 is 1.35 bits per heavy atom. The normalized spacial score (nSPS) is 13.5. The number of nitro benzene ring substituents is 1. The van der Waals surface area contributed by atoms with Crippen LogP contribution in [0.3, 0.4) is 0 Å². The molecule has 26 heavy (non-hydrogen) atoms. The van der Waals surface area contributed by atoms with Crippen molar-refractivity contribution in [3.05, 3.63) is 68.4 Å². The van der Waals surface area contributed by atoms with E-state index in [1.165, 1.54) is 29.0 Å². The van der Waals surface area contributed by atoms with Crippen LogP contribution < -0.4 is 5.56 Å². The number of rotatable bonds is 2. The van der Waals surface area contributed by atoms with Gasteiger partial charge in [0.05, 0.1) is 16.0 Å². The van der Waals surface area contributed by atoms with Crippen LogP contribution >= 0.6 is 0 Å². The first-order valence-corrected chi connectivity index (χ1v) is 7.12. The molecule has 11 nitrogen and oxygen atoms in total. The first-order chi connectivity index (χ1) is 12.5. The zero-order valence-corrected chi connectivity index (χ0v) is 12.7. The van der Waals surface area contributed by atoms with Gasteiger partial charge >= 0.3 is 6.16 Å². The summed E-state index contributed by atoms with van der Waals surface area (Å²) in [6.07, 6.45) is -0.229. The van der Waals surface area contributed by atoms with E-state index in [1.807, 2.05) is 0 Å². The topological polar surface area (TPSA) is 150 Å². The minimum absolute atomic E-state index is 0.0158. The molecule has 0 fully saturated rings. The van der Waals surface area contributed by atoms with Crippen molar-refractivity contribution < 1.29 is 19.7 Å². The van der Waals surface area contributed by atoms with Gasteiger partial charge in [-0.3, -0.25) is 24.3 Å². The zero-order chi connectivity index (χ0) is 18.4. The van der Waals surface area contributed by atoms with E-state index in [0.717, 1.165) is 0 Å². The third kappa shape index (κ3) is 2.18. The van der Waals surface area contributed by atoms with Crippen molar-refractivity contribution in [1.82, 2.24) is 14.5 Å². The first-order valence-electron chi connectivity index (χ1n) is 7.12. The maximum atomic E-state index is 12.8. The minimum Gasteiger partial charge on any atom is -0.448 e. The van der Waals surface area contributed by atoms with Gasteiger partial charge in [-0.1, -0.05) is 5.16 Å². The fraction of sp³-hybridized carbons (Fsp3) is 0. The molecule has 0 saturated carbocycles. The Hall–Kier alpha value is -4.15. The van der Waals surface area contributed by atoms with Crippen molar-refractivity contribution in [1.29, 1.82) is 0 Å². The maximum absolute atomic E-state index is 12.8. The SMILES string of the molecule is O=C(O)ON=C1c2cc([N+](=O)[O-])ccc2-n2c1nc1ncccc1c2=O. The van der Waals surface area contributed by atoms with Crippen LogP contribution in [0.4, 0.5) is 10.5 Å². The van der Waals surface area contributed by atoms with E-state index in [2.05, 4.69) is 20.0 Å². The van der Waals surface area contributed by atoms with Gasteiger partial charge in [0, 0.05) is 23.9 Å². The molecule has 11 heteroatoms. The van der Waals surface area contributed by atoms with E-state index < -0.39 is 16.6 Å². The summed E-state index contributed by atoms with van der Waals surface area (Å²) in [6, 6.07) is 6.88. The van der Waals surface area contributed by atoms with Crippen molar-refractivity contribution >= 4 is 28.6 Å². The Labute approximate surface area is 142 Å². The highest BCUT2D eigenvalue weighted by molar-refractivity contribution is 6.17. The Morgan fingerprint density at radius 2 is 2.15 bits per heavy atom. The monoisotopic (exact) mass is 353 g/mol. The summed E-state index contributed by atoms with van der Waals surface area (Å²) in [5.41, 5.74) is -0.268. The number of aromatic nitrogens is 3. The highest BCUT2D eigenvalue weighted by atomic mass is 16.7. The number of non-ortho nitro benzene ring substituents is 1. The lowest BCUT2D eigenvalue weighted by molar-refractivity contribution is -0.384. The smallest absolute Gasteiger partial charge is 0.448 e. The Kier molecular flexibility index (Phi) is 3.22. The number of hydrogen-bond donors (Lipinski definition) is 1. The summed E-state index contributed by atoms with van der Waals surface area (Å²) in [5.74, 6) is -0.0158. The van der Waals surface area contributed by atoms with Gasteiger partial charge in [0.1, 0.15) is 0 Å². The van der Waals surface area contributed by atoms with Crippen LogP contribution in [0.1, 0.15) is 11.4 Å². The number of hydrogen-bond acceptors (Lipinski definition) is 8. The second-order valence-corrected chi connectivity index (χ2v) is 5.21. The van der Waals surface area contributed by atoms with Gasteiger partial charge in [-0.25, -0.2) is 14.8 Å². The van der Waals surface area contributed by atoms with E-state index >= 15 is 0 Å². The number of nitro groups is 1. The highest BCUT2D eigenvalue weighted by Gasteiger charge is 2.31. The molecule has 0 bridgehead atoms. The molecule has 2 aromatic heterocycles. The Bertz CT molecular complexity index is 1200. The quantitative estimate of drug-likeness (QED) is 0.323. The van der Waals surface area contributed by atoms with Crippen molar-refractivity contribution in [2.75, 3.05) is 0 Å². The second kappa shape index (κ2) is 5.44. The van der Waals surface area contributed by atoms with Crippen LogP contribution in [-0.2, 0) is 4.84 Å². The minimum atomic E-state index is -1.68. The largest absolute Gasteiger partial charge is 0.532 e. The molecular formula is C15H7N5O6. The van der Waals surface area contributed by atoms with E-state index in [4.69, 9.17) is 5.11 Å². The van der Waals surface area contributed by atoms with Crippen molar-refractivity contribution in [3.63, 3.8) is 0 Å². The molecule has 128 valence electrons. The van der Waals surface area contributed by atoms with Gasteiger partial charge in [-0.15, -0.1) is 0 Å². The molecule has 3 heterocycles. The maximum Gasteiger partial charge on any atom is 0.532 e. The molecule has 3 aromatic rings. The van der Waals surface area contributed by atoms with Gasteiger partial charge in [0.2, 0.25) is 0 Å². The number of nitrogens with zero attached hydrogens (tertiary/aromatic N) is 5. The molecule has 0 amide bonds. The fourth-order valence-electron chi connectivity index (χ4n) is 2.72. The van der Waals surface area contributed by atoms with E-state index in [9.17, 15) is 19.7 Å². The first kappa shape index (κ1) is 15.4. The van der Waals surface area contributed by atoms with Gasteiger partial charge in [-0.05, 0) is 18.2 Å². The zero-order valence-electron chi connectivity index (χ0n) is 12.7. The van der Waals surface area contributed by atoms with E-state index in [1.54, 1.807) is 12.1 Å². The predicted octanol–water partition coefficient (Wildman–Crippen LogP) is 1.45. The number of carboxylic acid groups (broad SMARTS) is 1. The van der Waals surface area contributed by atoms with Crippen LogP contribution in [0.25, 0.3) is 16.7 Å². The predicted molar refractivity (Wildman–Crippen MR) is 86.5 cm³/mol. The molecule has 0 aliphatic carbocycles. The number of pyridine rings is 1. The summed E-state index contributed by atoms with van der Waals surface area (Å²) >= 11 is 0. The average Bonchev–Trinajstić information content (AvgIpc) is 2.93. The summed E-state index contributed by atoms with van der Waals surface area (Å²) in [6.45, 7) is 0. The highest BCUT2D eigenvalue weighted by Crippen LogP contribution is 2.30. The summed E-state index contributed by atoms with van der Waals surface area (Å²) in [4.78, 5) is 46.5. The molecule has 1 aromatic carbocycles. The molecule has 4 rings (SSSR count). The molecule has 0 atom stereocenters. The molecule has 0 radical (unpaired) electrons. The fourth-order valence-corrected chi connectivity index (χ4v) is 2.72. The van der Waals surface area contributed by atoms with Crippen LogP contribution in [0.2, 0.25) is 0 Å². The van der Waals surface area contributed by atoms with Crippen molar-refractivity contribution in [2.24, 2.45) is 5.16 Å². The average molecular weight is 353 g/mol. The lowest BCUT2D eigenvalue weighted by atomic mass is 10.1. The third-order valence-corrected chi connectivity index (χ3v) is 3.76. The van der Waals surface area contributed by atoms with E-state index in [-0.39, 0.29) is 39.5 Å². The molecule has 0 unspecified atom stereocenters. The van der Waals surface area contributed by atoms with E-state index in [0.29, 0.717) is 0 Å². The van der Waals surface area contributed by atoms with Crippen LogP contribution in [0.15, 0.2) is 46.5 Å².